The molecule has 1 aliphatic heterocycles. The summed E-state index contributed by atoms with van der Waals surface area (Å²) in [5.41, 5.74) is 0. The largest absolute Gasteiger partial charge is 0.341 e. The number of aryl methyl sites for hydroxylation is 2. The molecule has 1 fully saturated rings. The van der Waals surface area contributed by atoms with Crippen LogP contribution in [0.5, 0.6) is 0 Å². The highest BCUT2D eigenvalue weighted by atomic mass is 32.2. The summed E-state index contributed by atoms with van der Waals surface area (Å²) >= 11 is 1.38. The summed E-state index contributed by atoms with van der Waals surface area (Å²) in [5.74, 6) is 3.18. The summed E-state index contributed by atoms with van der Waals surface area (Å²) in [6, 6.07) is 0. The van der Waals surface area contributed by atoms with Gasteiger partial charge in [0.15, 0.2) is 5.82 Å². The van der Waals surface area contributed by atoms with Gasteiger partial charge in [0, 0.05) is 25.4 Å². The Morgan fingerprint density at radius 2 is 2.22 bits per heavy atom. The number of aromatic amines is 2. The lowest BCUT2D eigenvalue weighted by Gasteiger charge is -2.31. The average molecular weight is 335 g/mol. The molecule has 1 aliphatic rings. The lowest BCUT2D eigenvalue weighted by Crippen LogP contribution is -2.40. The monoisotopic (exact) mass is 335 g/mol. The van der Waals surface area contributed by atoms with E-state index in [2.05, 4.69) is 30.4 Å². The van der Waals surface area contributed by atoms with Crippen molar-refractivity contribution < 1.29 is 4.79 Å². The minimum absolute atomic E-state index is 0.120. The van der Waals surface area contributed by atoms with Crippen molar-refractivity contribution in [1.29, 1.82) is 0 Å². The van der Waals surface area contributed by atoms with Gasteiger partial charge in [0.2, 0.25) is 11.1 Å². The zero-order chi connectivity index (χ0) is 16.2. The highest BCUT2D eigenvalue weighted by Crippen LogP contribution is 2.25. The van der Waals surface area contributed by atoms with Gasteiger partial charge in [-0.3, -0.25) is 15.0 Å². The Morgan fingerprint density at radius 1 is 1.35 bits per heavy atom. The molecule has 8 nitrogen and oxygen atoms in total. The fourth-order valence-corrected chi connectivity index (χ4v) is 3.40. The summed E-state index contributed by atoms with van der Waals surface area (Å²) in [5, 5.41) is 14.7. The van der Waals surface area contributed by atoms with Crippen LogP contribution in [0.4, 0.5) is 0 Å². The Bertz CT molecular complexity index is 668. The smallest absolute Gasteiger partial charge is 0.233 e. The summed E-state index contributed by atoms with van der Waals surface area (Å²) in [6.07, 6.45) is 2.82. The third kappa shape index (κ3) is 3.90. The lowest BCUT2D eigenvalue weighted by molar-refractivity contribution is -0.129. The Hall–Kier alpha value is -1.90. The number of thioether (sulfide) groups is 1. The molecule has 1 saturated heterocycles. The number of carbonyl (C=O) groups is 1. The quantitative estimate of drug-likeness (QED) is 0.798. The maximum Gasteiger partial charge on any atom is 0.233 e. The maximum atomic E-state index is 12.4. The van der Waals surface area contributed by atoms with E-state index in [0.717, 1.165) is 43.3 Å². The number of aromatic nitrogens is 6. The van der Waals surface area contributed by atoms with E-state index in [1.165, 1.54) is 11.8 Å². The molecule has 0 spiro atoms. The standard InChI is InChI=1S/C14H21N7OS/c1-3-11-16-14(20-18-11)23-8-12(22)21-6-4-5-10(7-21)13-15-9(2)17-19-13/h10H,3-8H2,1-2H3,(H,15,17,19)(H,16,18,20)/t10-/m0/s1. The van der Waals surface area contributed by atoms with Gasteiger partial charge in [0.25, 0.3) is 0 Å². The van der Waals surface area contributed by atoms with Crippen LogP contribution in [-0.4, -0.2) is 60.0 Å². The molecule has 0 radical (unpaired) electrons. The second-order valence-electron chi connectivity index (χ2n) is 5.66. The number of likely N-dealkylation sites (tertiary alicyclic amines) is 1. The van der Waals surface area contributed by atoms with Crippen molar-refractivity contribution in [1.82, 2.24) is 35.3 Å². The van der Waals surface area contributed by atoms with Gasteiger partial charge in [-0.1, -0.05) is 18.7 Å². The molecule has 3 heterocycles. The third-order valence-electron chi connectivity index (χ3n) is 3.92. The Labute approximate surface area is 138 Å². The van der Waals surface area contributed by atoms with E-state index in [0.29, 0.717) is 17.5 Å². The van der Waals surface area contributed by atoms with Crippen molar-refractivity contribution in [3.8, 4) is 0 Å². The molecule has 3 rings (SSSR count). The maximum absolute atomic E-state index is 12.4. The first-order valence-electron chi connectivity index (χ1n) is 7.86. The predicted octanol–water partition coefficient (Wildman–Crippen LogP) is 1.29. The third-order valence-corrected chi connectivity index (χ3v) is 4.76. The summed E-state index contributed by atoms with van der Waals surface area (Å²) in [4.78, 5) is 23.0. The van der Waals surface area contributed by atoms with E-state index in [1.807, 2.05) is 18.7 Å². The topological polar surface area (TPSA) is 103 Å². The Kier molecular flexibility index (Phi) is 4.94. The van der Waals surface area contributed by atoms with Crippen LogP contribution < -0.4 is 0 Å². The summed E-state index contributed by atoms with van der Waals surface area (Å²) in [6.45, 7) is 5.39. The summed E-state index contributed by atoms with van der Waals surface area (Å²) < 4.78 is 0. The molecule has 2 N–H and O–H groups in total. The zero-order valence-electron chi connectivity index (χ0n) is 13.4. The number of nitrogens with zero attached hydrogens (tertiary/aromatic N) is 5. The molecule has 0 aliphatic carbocycles. The molecule has 0 saturated carbocycles. The minimum atomic E-state index is 0.120. The normalized spacial score (nSPS) is 18.3. The number of carbonyl (C=O) groups excluding carboxylic acids is 1. The van der Waals surface area contributed by atoms with Gasteiger partial charge in [0.1, 0.15) is 11.6 Å². The second kappa shape index (κ2) is 7.12. The molecule has 2 aromatic rings. The number of nitrogens with one attached hydrogen (secondary N) is 2. The lowest BCUT2D eigenvalue weighted by atomic mass is 9.97. The number of hydrogen-bond donors (Lipinski definition) is 2. The van der Waals surface area contributed by atoms with Gasteiger partial charge in [-0.05, 0) is 19.8 Å². The fourth-order valence-electron chi connectivity index (χ4n) is 2.68. The van der Waals surface area contributed by atoms with E-state index in [-0.39, 0.29) is 11.8 Å². The van der Waals surface area contributed by atoms with Crippen LogP contribution in [0.3, 0.4) is 0 Å². The first kappa shape index (κ1) is 16.0. The van der Waals surface area contributed by atoms with Gasteiger partial charge < -0.3 is 4.90 Å². The number of amides is 1. The average Bonchev–Trinajstić information content (AvgIpc) is 3.21. The Morgan fingerprint density at radius 3 is 2.91 bits per heavy atom. The van der Waals surface area contributed by atoms with Crippen molar-refractivity contribution >= 4 is 17.7 Å². The fraction of sp³-hybridized carbons (Fsp3) is 0.643. The van der Waals surface area contributed by atoms with Crippen LogP contribution in [0, 0.1) is 6.92 Å². The SMILES string of the molecule is CCc1nc(SCC(=O)N2CCC[C@H](c3n[nH]c(C)n3)C2)n[nH]1. The highest BCUT2D eigenvalue weighted by molar-refractivity contribution is 7.99. The van der Waals surface area contributed by atoms with Crippen molar-refractivity contribution in [3.05, 3.63) is 17.5 Å². The van der Waals surface area contributed by atoms with Crippen LogP contribution in [0.15, 0.2) is 5.16 Å². The molecule has 0 unspecified atom stereocenters. The van der Waals surface area contributed by atoms with Crippen LogP contribution >= 0.6 is 11.8 Å². The number of piperidine rings is 1. The van der Waals surface area contributed by atoms with Crippen molar-refractivity contribution in [3.63, 3.8) is 0 Å². The van der Waals surface area contributed by atoms with Crippen molar-refractivity contribution in [2.75, 3.05) is 18.8 Å². The van der Waals surface area contributed by atoms with Gasteiger partial charge in [-0.25, -0.2) is 9.97 Å². The molecule has 124 valence electrons. The number of H-pyrrole nitrogens is 2. The highest BCUT2D eigenvalue weighted by Gasteiger charge is 2.27. The number of rotatable bonds is 5. The van der Waals surface area contributed by atoms with Gasteiger partial charge in [-0.15, -0.1) is 5.10 Å². The van der Waals surface area contributed by atoms with Crippen LogP contribution in [0.1, 0.15) is 43.2 Å². The van der Waals surface area contributed by atoms with Crippen LogP contribution in [0.25, 0.3) is 0 Å². The molecule has 9 heteroatoms. The second-order valence-corrected chi connectivity index (χ2v) is 6.61. The first-order valence-corrected chi connectivity index (χ1v) is 8.85. The first-order chi connectivity index (χ1) is 11.2. The summed E-state index contributed by atoms with van der Waals surface area (Å²) in [7, 11) is 0. The number of hydrogen-bond acceptors (Lipinski definition) is 6. The van der Waals surface area contributed by atoms with Crippen LogP contribution in [-0.2, 0) is 11.2 Å². The zero-order valence-corrected chi connectivity index (χ0v) is 14.2. The van der Waals surface area contributed by atoms with Crippen LogP contribution in [0.2, 0.25) is 0 Å². The predicted molar refractivity (Wildman–Crippen MR) is 86.2 cm³/mol. The molecule has 1 amide bonds. The molecule has 0 bridgehead atoms. The van der Waals surface area contributed by atoms with E-state index in [4.69, 9.17) is 0 Å². The van der Waals surface area contributed by atoms with E-state index in [1.54, 1.807) is 0 Å². The molecule has 23 heavy (non-hydrogen) atoms. The molecular weight excluding hydrogens is 314 g/mol. The molecule has 1 atom stereocenters. The van der Waals surface area contributed by atoms with Crippen molar-refractivity contribution in [2.45, 2.75) is 44.2 Å². The van der Waals surface area contributed by atoms with Gasteiger partial charge in [-0.2, -0.15) is 5.10 Å². The van der Waals surface area contributed by atoms with Gasteiger partial charge in [0.05, 0.1) is 5.75 Å². The molecular formula is C14H21N7OS. The van der Waals surface area contributed by atoms with E-state index < -0.39 is 0 Å². The molecule has 0 aromatic carbocycles. The Balaban J connectivity index is 1.54. The van der Waals surface area contributed by atoms with E-state index in [9.17, 15) is 4.79 Å². The van der Waals surface area contributed by atoms with E-state index >= 15 is 0 Å². The molecule has 2 aromatic heterocycles. The van der Waals surface area contributed by atoms with Crippen molar-refractivity contribution in [2.24, 2.45) is 0 Å². The minimum Gasteiger partial charge on any atom is -0.341 e. The van der Waals surface area contributed by atoms with Gasteiger partial charge >= 0.3 is 0 Å².